The molecule has 1 rings (SSSR count). The summed E-state index contributed by atoms with van der Waals surface area (Å²) in [6, 6.07) is 9.00. The highest BCUT2D eigenvalue weighted by Crippen LogP contribution is 2.02. The molecular weight excluding hydrogens is 206 g/mol. The molecular formula is C11H15N3O2. The lowest BCUT2D eigenvalue weighted by molar-refractivity contribution is -0.139. The molecule has 1 aromatic rings. The molecule has 0 unspecified atom stereocenters. The molecule has 0 heterocycles. The van der Waals surface area contributed by atoms with Crippen LogP contribution >= 0.6 is 0 Å². The van der Waals surface area contributed by atoms with E-state index in [4.69, 9.17) is 0 Å². The first-order valence-corrected chi connectivity index (χ1v) is 5.01. The van der Waals surface area contributed by atoms with Crippen LogP contribution in [0.25, 0.3) is 0 Å². The van der Waals surface area contributed by atoms with E-state index in [9.17, 15) is 9.59 Å². The number of anilines is 1. The second-order valence-corrected chi connectivity index (χ2v) is 3.57. The maximum absolute atomic E-state index is 11.3. The number of hydrogen-bond donors (Lipinski definition) is 3. The SMILES string of the molecule is CC(C)NC(=O)C(=O)NNc1ccccc1. The van der Waals surface area contributed by atoms with Crippen molar-refractivity contribution in [2.24, 2.45) is 0 Å². The van der Waals surface area contributed by atoms with Gasteiger partial charge in [-0.25, -0.2) is 0 Å². The Kier molecular flexibility index (Phi) is 4.32. The van der Waals surface area contributed by atoms with Crippen molar-refractivity contribution in [3.8, 4) is 0 Å². The number of carbonyl (C=O) groups is 2. The van der Waals surface area contributed by atoms with Crippen LogP contribution in [-0.2, 0) is 9.59 Å². The summed E-state index contributed by atoms with van der Waals surface area (Å²) in [5, 5.41) is 2.49. The number of rotatable bonds is 3. The summed E-state index contributed by atoms with van der Waals surface area (Å²) < 4.78 is 0. The average molecular weight is 221 g/mol. The third kappa shape index (κ3) is 4.00. The minimum atomic E-state index is -0.711. The molecule has 0 spiro atoms. The molecule has 0 radical (unpaired) electrons. The van der Waals surface area contributed by atoms with E-state index >= 15 is 0 Å². The molecule has 0 aliphatic rings. The zero-order valence-corrected chi connectivity index (χ0v) is 9.28. The van der Waals surface area contributed by atoms with Gasteiger partial charge in [-0.2, -0.15) is 0 Å². The third-order valence-electron chi connectivity index (χ3n) is 1.72. The highest BCUT2D eigenvalue weighted by atomic mass is 16.2. The van der Waals surface area contributed by atoms with Gasteiger partial charge in [0.2, 0.25) is 0 Å². The summed E-state index contributed by atoms with van der Waals surface area (Å²) in [5.74, 6) is -1.36. The monoisotopic (exact) mass is 221 g/mol. The van der Waals surface area contributed by atoms with Crippen LogP contribution in [0.4, 0.5) is 5.69 Å². The van der Waals surface area contributed by atoms with Crippen molar-refractivity contribution < 1.29 is 9.59 Å². The van der Waals surface area contributed by atoms with Crippen LogP contribution < -0.4 is 16.2 Å². The van der Waals surface area contributed by atoms with E-state index in [1.54, 1.807) is 26.0 Å². The number of benzene rings is 1. The Morgan fingerprint density at radius 1 is 1.06 bits per heavy atom. The van der Waals surface area contributed by atoms with Gasteiger partial charge in [0.25, 0.3) is 0 Å². The lowest BCUT2D eigenvalue weighted by atomic mass is 10.3. The molecule has 2 amide bonds. The fourth-order valence-corrected chi connectivity index (χ4v) is 1.03. The van der Waals surface area contributed by atoms with Gasteiger partial charge < -0.3 is 5.32 Å². The Morgan fingerprint density at radius 3 is 2.25 bits per heavy atom. The van der Waals surface area contributed by atoms with Crippen LogP contribution in [0.1, 0.15) is 13.8 Å². The minimum Gasteiger partial charge on any atom is -0.346 e. The van der Waals surface area contributed by atoms with Crippen molar-refractivity contribution in [2.75, 3.05) is 5.43 Å². The molecule has 0 bridgehead atoms. The number of hydrogen-bond acceptors (Lipinski definition) is 3. The molecule has 0 aromatic heterocycles. The van der Waals surface area contributed by atoms with Crippen molar-refractivity contribution in [3.05, 3.63) is 30.3 Å². The Labute approximate surface area is 94.2 Å². The van der Waals surface area contributed by atoms with Gasteiger partial charge in [-0.1, -0.05) is 18.2 Å². The minimum absolute atomic E-state index is 0.0602. The first-order valence-electron chi connectivity index (χ1n) is 5.01. The summed E-state index contributed by atoms with van der Waals surface area (Å²) in [5.41, 5.74) is 5.66. The van der Waals surface area contributed by atoms with Gasteiger partial charge in [0.1, 0.15) is 0 Å². The van der Waals surface area contributed by atoms with Crippen molar-refractivity contribution >= 4 is 17.5 Å². The number of nitrogens with one attached hydrogen (secondary N) is 3. The third-order valence-corrected chi connectivity index (χ3v) is 1.72. The van der Waals surface area contributed by atoms with Gasteiger partial charge in [0.15, 0.2) is 0 Å². The lowest BCUT2D eigenvalue weighted by Crippen LogP contribution is -2.44. The highest BCUT2D eigenvalue weighted by molar-refractivity contribution is 6.35. The topological polar surface area (TPSA) is 70.2 Å². The van der Waals surface area contributed by atoms with E-state index in [0.717, 1.165) is 0 Å². The van der Waals surface area contributed by atoms with E-state index < -0.39 is 11.8 Å². The summed E-state index contributed by atoms with van der Waals surface area (Å²) in [6.45, 7) is 3.58. The van der Waals surface area contributed by atoms with Crippen LogP contribution in [0, 0.1) is 0 Å². The smallest absolute Gasteiger partial charge is 0.327 e. The maximum atomic E-state index is 11.3. The maximum Gasteiger partial charge on any atom is 0.327 e. The van der Waals surface area contributed by atoms with Crippen LogP contribution in [0.3, 0.4) is 0 Å². The number of amides is 2. The standard InChI is InChI=1S/C11H15N3O2/c1-8(2)12-10(15)11(16)14-13-9-6-4-3-5-7-9/h3-8,13H,1-2H3,(H,12,15)(H,14,16). The Balaban J connectivity index is 2.38. The zero-order chi connectivity index (χ0) is 12.0. The van der Waals surface area contributed by atoms with Gasteiger partial charge in [0, 0.05) is 6.04 Å². The van der Waals surface area contributed by atoms with Crippen LogP contribution in [-0.4, -0.2) is 17.9 Å². The lowest BCUT2D eigenvalue weighted by Gasteiger charge is -2.10. The van der Waals surface area contributed by atoms with Gasteiger partial charge in [-0.05, 0) is 26.0 Å². The molecule has 0 atom stereocenters. The van der Waals surface area contributed by atoms with Crippen molar-refractivity contribution in [1.82, 2.24) is 10.7 Å². The number of carbonyl (C=O) groups excluding carboxylic acids is 2. The van der Waals surface area contributed by atoms with E-state index in [-0.39, 0.29) is 6.04 Å². The Hall–Kier alpha value is -2.04. The predicted molar refractivity (Wildman–Crippen MR) is 61.5 cm³/mol. The summed E-state index contributed by atoms with van der Waals surface area (Å²) in [4.78, 5) is 22.5. The van der Waals surface area contributed by atoms with Crippen molar-refractivity contribution in [1.29, 1.82) is 0 Å². The quantitative estimate of drug-likeness (QED) is 0.518. The normalized spacial score (nSPS) is 9.69. The van der Waals surface area contributed by atoms with Gasteiger partial charge in [-0.15, -0.1) is 0 Å². The fourth-order valence-electron chi connectivity index (χ4n) is 1.03. The molecule has 0 saturated carbocycles. The molecule has 0 fully saturated rings. The first-order chi connectivity index (χ1) is 7.59. The second kappa shape index (κ2) is 5.75. The second-order valence-electron chi connectivity index (χ2n) is 3.57. The van der Waals surface area contributed by atoms with E-state index in [1.165, 1.54) is 0 Å². The molecule has 0 aliphatic heterocycles. The largest absolute Gasteiger partial charge is 0.346 e. The predicted octanol–water partition coefficient (Wildman–Crippen LogP) is 0.654. The Morgan fingerprint density at radius 2 is 1.69 bits per heavy atom. The summed E-state index contributed by atoms with van der Waals surface area (Å²) in [6.07, 6.45) is 0. The van der Waals surface area contributed by atoms with Crippen molar-refractivity contribution in [2.45, 2.75) is 19.9 Å². The number of para-hydroxylation sites is 1. The van der Waals surface area contributed by atoms with E-state index in [2.05, 4.69) is 16.2 Å². The average Bonchev–Trinajstić information content (AvgIpc) is 2.26. The molecule has 3 N–H and O–H groups in total. The van der Waals surface area contributed by atoms with Crippen LogP contribution in [0.5, 0.6) is 0 Å². The van der Waals surface area contributed by atoms with Gasteiger partial charge >= 0.3 is 11.8 Å². The van der Waals surface area contributed by atoms with E-state index in [0.29, 0.717) is 5.69 Å². The zero-order valence-electron chi connectivity index (χ0n) is 9.28. The fraction of sp³-hybridized carbons (Fsp3) is 0.273. The van der Waals surface area contributed by atoms with Crippen molar-refractivity contribution in [3.63, 3.8) is 0 Å². The Bertz CT molecular complexity index is 363. The van der Waals surface area contributed by atoms with Crippen LogP contribution in [0.2, 0.25) is 0 Å². The van der Waals surface area contributed by atoms with E-state index in [1.807, 2.05) is 18.2 Å². The summed E-state index contributed by atoms with van der Waals surface area (Å²) in [7, 11) is 0. The summed E-state index contributed by atoms with van der Waals surface area (Å²) >= 11 is 0. The molecule has 86 valence electrons. The highest BCUT2D eigenvalue weighted by Gasteiger charge is 2.13. The molecule has 0 saturated heterocycles. The van der Waals surface area contributed by atoms with Gasteiger partial charge in [0.05, 0.1) is 5.69 Å². The molecule has 0 aliphatic carbocycles. The first kappa shape index (κ1) is 12.0. The molecule has 1 aromatic carbocycles. The number of hydrazine groups is 1. The van der Waals surface area contributed by atoms with Crippen LogP contribution in [0.15, 0.2) is 30.3 Å². The molecule has 5 heteroatoms. The van der Waals surface area contributed by atoms with Gasteiger partial charge in [-0.3, -0.25) is 20.4 Å². The molecule has 5 nitrogen and oxygen atoms in total. The molecule has 16 heavy (non-hydrogen) atoms.